The fraction of sp³-hybridized carbons (Fsp3) is 0.600. The minimum atomic E-state index is -0.241. The van der Waals surface area contributed by atoms with E-state index in [-0.39, 0.29) is 6.10 Å². The van der Waals surface area contributed by atoms with Crippen molar-refractivity contribution in [2.24, 2.45) is 0 Å². The van der Waals surface area contributed by atoms with E-state index < -0.39 is 0 Å². The molecule has 1 aromatic heterocycles. The second-order valence-electron chi connectivity index (χ2n) is 3.41. The van der Waals surface area contributed by atoms with E-state index in [0.29, 0.717) is 0 Å². The number of nitrogens with zero attached hydrogens (tertiary/aromatic N) is 2. The van der Waals surface area contributed by atoms with Crippen LogP contribution in [0, 0.1) is 6.92 Å². The lowest BCUT2D eigenvalue weighted by Crippen LogP contribution is -2.19. The summed E-state index contributed by atoms with van der Waals surface area (Å²) in [6.45, 7) is 5.20. The van der Waals surface area contributed by atoms with Crippen molar-refractivity contribution in [1.29, 1.82) is 0 Å². The van der Waals surface area contributed by atoms with Gasteiger partial charge in [-0.15, -0.1) is 0 Å². The summed E-state index contributed by atoms with van der Waals surface area (Å²) < 4.78 is 0. The van der Waals surface area contributed by atoms with Crippen LogP contribution in [0.15, 0.2) is 12.3 Å². The molecule has 1 atom stereocenters. The Balaban J connectivity index is 2.25. The van der Waals surface area contributed by atoms with E-state index in [0.717, 1.165) is 31.0 Å². The zero-order valence-electron chi connectivity index (χ0n) is 8.70. The highest BCUT2D eigenvalue weighted by Crippen LogP contribution is 1.94. The number of hydrogen-bond acceptors (Lipinski definition) is 4. The summed E-state index contributed by atoms with van der Waals surface area (Å²) in [6.07, 6.45) is 2.28. The Morgan fingerprint density at radius 2 is 2.36 bits per heavy atom. The van der Waals surface area contributed by atoms with E-state index in [1.54, 1.807) is 13.1 Å². The number of aliphatic hydroxyl groups excluding tert-OH is 1. The Morgan fingerprint density at radius 3 is 3.00 bits per heavy atom. The standard InChI is InChI=1S/C10H17N3O/c1-8(14)3-5-11-7-10-4-6-12-9(2)13-10/h4,6,8,11,14H,3,5,7H2,1-2H3. The highest BCUT2D eigenvalue weighted by molar-refractivity contribution is 5.00. The molecule has 0 bridgehead atoms. The molecule has 0 aliphatic heterocycles. The number of aromatic nitrogens is 2. The highest BCUT2D eigenvalue weighted by Gasteiger charge is 1.97. The first-order valence-corrected chi connectivity index (χ1v) is 4.86. The van der Waals surface area contributed by atoms with Gasteiger partial charge in [-0.1, -0.05) is 0 Å². The molecule has 4 heteroatoms. The topological polar surface area (TPSA) is 58.0 Å². The van der Waals surface area contributed by atoms with Crippen molar-refractivity contribution < 1.29 is 5.11 Å². The second kappa shape index (κ2) is 5.67. The molecule has 0 fully saturated rings. The second-order valence-corrected chi connectivity index (χ2v) is 3.41. The minimum Gasteiger partial charge on any atom is -0.393 e. The van der Waals surface area contributed by atoms with Gasteiger partial charge in [0.2, 0.25) is 0 Å². The van der Waals surface area contributed by atoms with Gasteiger partial charge in [0.05, 0.1) is 11.8 Å². The van der Waals surface area contributed by atoms with Gasteiger partial charge in [-0.2, -0.15) is 0 Å². The lowest BCUT2D eigenvalue weighted by atomic mass is 10.3. The number of aliphatic hydroxyl groups is 1. The van der Waals surface area contributed by atoms with E-state index in [1.807, 2.05) is 13.0 Å². The van der Waals surface area contributed by atoms with Crippen LogP contribution in [-0.2, 0) is 6.54 Å². The van der Waals surface area contributed by atoms with Crippen LogP contribution in [0.1, 0.15) is 24.9 Å². The fourth-order valence-electron chi connectivity index (χ4n) is 1.13. The average Bonchev–Trinajstić information content (AvgIpc) is 2.12. The maximum atomic E-state index is 9.03. The maximum Gasteiger partial charge on any atom is 0.125 e. The zero-order chi connectivity index (χ0) is 10.4. The predicted molar refractivity (Wildman–Crippen MR) is 54.8 cm³/mol. The maximum absolute atomic E-state index is 9.03. The molecule has 14 heavy (non-hydrogen) atoms. The molecule has 4 nitrogen and oxygen atoms in total. The van der Waals surface area contributed by atoms with Crippen LogP contribution in [0.2, 0.25) is 0 Å². The van der Waals surface area contributed by atoms with Gasteiger partial charge in [0.15, 0.2) is 0 Å². The Kier molecular flexibility index (Phi) is 4.49. The molecule has 0 aliphatic rings. The van der Waals surface area contributed by atoms with E-state index in [2.05, 4.69) is 15.3 Å². The van der Waals surface area contributed by atoms with Gasteiger partial charge in [0.25, 0.3) is 0 Å². The molecule has 1 unspecified atom stereocenters. The van der Waals surface area contributed by atoms with E-state index in [9.17, 15) is 0 Å². The normalized spacial score (nSPS) is 12.8. The third-order valence-corrected chi connectivity index (χ3v) is 1.88. The summed E-state index contributed by atoms with van der Waals surface area (Å²) in [5, 5.41) is 12.2. The van der Waals surface area contributed by atoms with Crippen LogP contribution in [-0.4, -0.2) is 27.7 Å². The number of hydrogen-bond donors (Lipinski definition) is 2. The van der Waals surface area contributed by atoms with Gasteiger partial charge in [-0.25, -0.2) is 9.97 Å². The lowest BCUT2D eigenvalue weighted by Gasteiger charge is -2.06. The van der Waals surface area contributed by atoms with Crippen molar-refractivity contribution in [1.82, 2.24) is 15.3 Å². The van der Waals surface area contributed by atoms with Crippen molar-refractivity contribution >= 4 is 0 Å². The molecule has 2 N–H and O–H groups in total. The summed E-state index contributed by atoms with van der Waals surface area (Å²) >= 11 is 0. The number of nitrogens with one attached hydrogen (secondary N) is 1. The summed E-state index contributed by atoms with van der Waals surface area (Å²) in [4.78, 5) is 8.27. The smallest absolute Gasteiger partial charge is 0.125 e. The third kappa shape index (κ3) is 4.30. The third-order valence-electron chi connectivity index (χ3n) is 1.88. The molecule has 0 aliphatic carbocycles. The van der Waals surface area contributed by atoms with Gasteiger partial charge in [-0.3, -0.25) is 0 Å². The van der Waals surface area contributed by atoms with Crippen LogP contribution in [0.4, 0.5) is 0 Å². The molecule has 0 amide bonds. The SMILES string of the molecule is Cc1nccc(CNCCC(C)O)n1. The molecule has 0 spiro atoms. The molecule has 1 heterocycles. The molecule has 1 aromatic rings. The summed E-state index contributed by atoms with van der Waals surface area (Å²) in [7, 11) is 0. The van der Waals surface area contributed by atoms with Crippen LogP contribution in [0.5, 0.6) is 0 Å². The predicted octanol–water partition coefficient (Wildman–Crippen LogP) is 0.646. The summed E-state index contributed by atoms with van der Waals surface area (Å²) in [5.41, 5.74) is 0.989. The van der Waals surface area contributed by atoms with Crippen molar-refractivity contribution in [2.75, 3.05) is 6.54 Å². The van der Waals surface area contributed by atoms with E-state index >= 15 is 0 Å². The van der Waals surface area contributed by atoms with Crippen LogP contribution < -0.4 is 5.32 Å². The first-order valence-electron chi connectivity index (χ1n) is 4.86. The van der Waals surface area contributed by atoms with E-state index in [4.69, 9.17) is 5.11 Å². The Labute approximate surface area is 84.4 Å². The van der Waals surface area contributed by atoms with Gasteiger partial charge in [-0.05, 0) is 32.9 Å². The number of aryl methyl sites for hydroxylation is 1. The van der Waals surface area contributed by atoms with Gasteiger partial charge < -0.3 is 10.4 Å². The first kappa shape index (κ1) is 11.1. The molecule has 78 valence electrons. The van der Waals surface area contributed by atoms with Gasteiger partial charge in [0, 0.05) is 12.7 Å². The van der Waals surface area contributed by atoms with Crippen LogP contribution >= 0.6 is 0 Å². The number of rotatable bonds is 5. The Bertz CT molecular complexity index is 276. The fourth-order valence-corrected chi connectivity index (χ4v) is 1.13. The highest BCUT2D eigenvalue weighted by atomic mass is 16.3. The van der Waals surface area contributed by atoms with Gasteiger partial charge in [0.1, 0.15) is 5.82 Å². The summed E-state index contributed by atoms with van der Waals surface area (Å²) in [5.74, 6) is 0.792. The van der Waals surface area contributed by atoms with Crippen molar-refractivity contribution in [3.63, 3.8) is 0 Å². The largest absolute Gasteiger partial charge is 0.393 e. The monoisotopic (exact) mass is 195 g/mol. The minimum absolute atomic E-state index is 0.241. The molecule has 0 saturated heterocycles. The molecular weight excluding hydrogens is 178 g/mol. The quantitative estimate of drug-likeness (QED) is 0.677. The van der Waals surface area contributed by atoms with Crippen molar-refractivity contribution in [2.45, 2.75) is 32.9 Å². The lowest BCUT2D eigenvalue weighted by molar-refractivity contribution is 0.183. The molecule has 1 rings (SSSR count). The zero-order valence-corrected chi connectivity index (χ0v) is 8.70. The van der Waals surface area contributed by atoms with Crippen LogP contribution in [0.25, 0.3) is 0 Å². The molecule has 0 radical (unpaired) electrons. The van der Waals surface area contributed by atoms with E-state index in [1.165, 1.54) is 0 Å². The Hall–Kier alpha value is -1.00. The van der Waals surface area contributed by atoms with Crippen molar-refractivity contribution in [3.05, 3.63) is 23.8 Å². The Morgan fingerprint density at radius 1 is 1.57 bits per heavy atom. The molecule has 0 saturated carbocycles. The molecule has 0 aromatic carbocycles. The first-order chi connectivity index (χ1) is 6.68. The van der Waals surface area contributed by atoms with Crippen molar-refractivity contribution in [3.8, 4) is 0 Å². The summed E-state index contributed by atoms with van der Waals surface area (Å²) in [6, 6.07) is 1.89. The van der Waals surface area contributed by atoms with Crippen LogP contribution in [0.3, 0.4) is 0 Å². The average molecular weight is 195 g/mol. The van der Waals surface area contributed by atoms with Gasteiger partial charge >= 0.3 is 0 Å². The molecular formula is C10H17N3O.